The van der Waals surface area contributed by atoms with Gasteiger partial charge in [-0.3, -0.25) is 0 Å². The van der Waals surface area contributed by atoms with Gasteiger partial charge in [0, 0.05) is 11.1 Å². The van der Waals surface area contributed by atoms with Crippen LogP contribution in [0.3, 0.4) is 0 Å². The van der Waals surface area contributed by atoms with E-state index in [4.69, 9.17) is 18.9 Å². The van der Waals surface area contributed by atoms with Crippen LogP contribution in [0.15, 0.2) is 218 Å². The van der Waals surface area contributed by atoms with E-state index in [0.29, 0.717) is 91.0 Å². The first-order valence-corrected chi connectivity index (χ1v) is 23.5. The van der Waals surface area contributed by atoms with Crippen molar-refractivity contribution in [1.82, 2.24) is 0 Å². The number of fused-ring (bicyclic) bond motifs is 8. The monoisotopic (exact) mass is 928 g/mol. The van der Waals surface area contributed by atoms with Gasteiger partial charge in [0.05, 0.1) is 91.5 Å². The molecular weight excluding hydrogens is 893 g/mol. The van der Waals surface area contributed by atoms with Gasteiger partial charge in [-0.05, 0) is 121 Å². The van der Waals surface area contributed by atoms with E-state index >= 15 is 0 Å². The van der Waals surface area contributed by atoms with Crippen LogP contribution in [0.25, 0.3) is 11.1 Å². The number of rotatable bonds is 5. The second-order valence-electron chi connectivity index (χ2n) is 17.4. The van der Waals surface area contributed by atoms with Gasteiger partial charge < -0.3 is 38.5 Å². The maximum Gasteiger partial charge on any atom is 0.151 e. The molecular formula is C62H36N6O4. The molecule has 0 radical (unpaired) electrons. The molecule has 0 atom stereocenters. The summed E-state index contributed by atoms with van der Waals surface area (Å²) in [6, 6.07) is 76.5. The Labute approximate surface area is 414 Å². The first kappa shape index (κ1) is 40.6. The molecule has 0 aromatic heterocycles. The average molecular weight is 929 g/mol. The predicted octanol–water partition coefficient (Wildman–Crippen LogP) is 17.4. The molecule has 0 unspecified atom stereocenters. The Morgan fingerprint density at radius 1 is 0.236 bits per heavy atom. The minimum absolute atomic E-state index is 0.331. The van der Waals surface area contributed by atoms with Crippen molar-refractivity contribution in [1.29, 1.82) is 10.5 Å². The molecule has 338 valence electrons. The van der Waals surface area contributed by atoms with Crippen LogP contribution in [0.2, 0.25) is 0 Å². The third-order valence-corrected chi connectivity index (χ3v) is 13.5. The second-order valence-corrected chi connectivity index (χ2v) is 17.4. The largest absolute Gasteiger partial charge is 0.453 e. The highest BCUT2D eigenvalue weighted by molar-refractivity contribution is 6.12. The van der Waals surface area contributed by atoms with Gasteiger partial charge in [-0.2, -0.15) is 10.5 Å². The highest BCUT2D eigenvalue weighted by Gasteiger charge is 2.40. The normalized spacial score (nSPS) is 13.0. The molecule has 10 heteroatoms. The van der Waals surface area contributed by atoms with E-state index in [1.54, 1.807) is 0 Å². The maximum atomic E-state index is 11.8. The quantitative estimate of drug-likeness (QED) is 0.166. The third-order valence-electron chi connectivity index (χ3n) is 13.5. The van der Waals surface area contributed by atoms with Crippen LogP contribution in [0.4, 0.5) is 68.2 Å². The van der Waals surface area contributed by atoms with Crippen molar-refractivity contribution >= 4 is 68.2 Å². The molecule has 72 heavy (non-hydrogen) atoms. The van der Waals surface area contributed by atoms with E-state index in [9.17, 15) is 10.5 Å². The van der Waals surface area contributed by atoms with E-state index in [2.05, 4.69) is 31.7 Å². The van der Waals surface area contributed by atoms with Crippen LogP contribution in [0, 0.1) is 22.7 Å². The average Bonchev–Trinajstić information content (AvgIpc) is 3.44. The fraction of sp³-hybridized carbons (Fsp3) is 0. The molecule has 4 aliphatic rings. The van der Waals surface area contributed by atoms with Crippen molar-refractivity contribution in [2.75, 3.05) is 19.6 Å². The number of hydrogen-bond donors (Lipinski definition) is 0. The first-order chi connectivity index (χ1) is 35.7. The zero-order valence-electron chi connectivity index (χ0n) is 38.1. The van der Waals surface area contributed by atoms with Crippen molar-refractivity contribution in [3.05, 3.63) is 230 Å². The van der Waals surface area contributed by atoms with Crippen LogP contribution >= 0.6 is 0 Å². The molecule has 0 amide bonds. The Balaban J connectivity index is 1.19. The Morgan fingerprint density at radius 2 is 0.444 bits per heavy atom. The van der Waals surface area contributed by atoms with Crippen LogP contribution in [-0.4, -0.2) is 0 Å². The molecule has 4 aliphatic heterocycles. The molecule has 0 saturated carbocycles. The van der Waals surface area contributed by atoms with Gasteiger partial charge in [-0.1, -0.05) is 97.1 Å². The molecule has 10 nitrogen and oxygen atoms in total. The van der Waals surface area contributed by atoms with E-state index < -0.39 is 0 Å². The number of hydrogen-bond acceptors (Lipinski definition) is 10. The standard InChI is InChI=1S/C62H36N6O4/c63-37-39-33-35-49(65-41-17-1-9-25-51(41)69-52-26-10-2-18-42(52)65)61(67-45-21-5-13-29-55(45)71-56-30-14-6-22-46(56)67)59(39)60-40(38-64)34-36-50(66-43-19-3-11-27-53(43)70-54-28-12-4-20-44(54)66)62(60)68-47-23-7-15-31-57(47)72-58-32-16-8-24-48(58)68/h1-36H. The van der Waals surface area contributed by atoms with Crippen molar-refractivity contribution < 1.29 is 18.9 Å². The maximum absolute atomic E-state index is 11.8. The van der Waals surface area contributed by atoms with Gasteiger partial charge in [0.15, 0.2) is 46.0 Å². The highest BCUT2D eigenvalue weighted by Crippen LogP contribution is 2.64. The SMILES string of the molecule is N#Cc1ccc(N2c3ccccc3Oc3ccccc32)c(N2c3ccccc3Oc3ccccc32)c1-c1c(C#N)ccc(N2c3ccccc3Oc3ccccc32)c1N1c2ccccc2Oc2ccccc21. The Hall–Kier alpha value is -10.4. The van der Waals surface area contributed by atoms with E-state index in [1.807, 2.05) is 218 Å². The zero-order valence-corrected chi connectivity index (χ0v) is 38.1. The summed E-state index contributed by atoms with van der Waals surface area (Å²) in [4.78, 5) is 8.74. The number of para-hydroxylation sites is 16. The minimum Gasteiger partial charge on any atom is -0.453 e. The Bertz CT molecular complexity index is 3550. The Morgan fingerprint density at radius 3 is 0.667 bits per heavy atom. The number of anilines is 12. The molecule has 0 spiro atoms. The summed E-state index contributed by atoms with van der Waals surface area (Å²) in [6.07, 6.45) is 0. The minimum atomic E-state index is 0.331. The third kappa shape index (κ3) is 6.07. The molecule has 0 fully saturated rings. The smallest absolute Gasteiger partial charge is 0.151 e. The lowest BCUT2D eigenvalue weighted by atomic mass is 9.88. The van der Waals surface area contributed by atoms with Gasteiger partial charge in [0.2, 0.25) is 0 Å². The highest BCUT2D eigenvalue weighted by atomic mass is 16.5. The molecule has 0 saturated heterocycles. The van der Waals surface area contributed by atoms with Gasteiger partial charge in [0.1, 0.15) is 0 Å². The predicted molar refractivity (Wildman–Crippen MR) is 280 cm³/mol. The van der Waals surface area contributed by atoms with Crippen LogP contribution in [0.5, 0.6) is 46.0 Å². The lowest BCUT2D eigenvalue weighted by Crippen LogP contribution is -2.24. The molecule has 10 aromatic carbocycles. The number of benzene rings is 10. The second kappa shape index (κ2) is 16.1. The van der Waals surface area contributed by atoms with E-state index in [0.717, 1.165) is 45.5 Å². The molecule has 0 aliphatic carbocycles. The fourth-order valence-corrected chi connectivity index (χ4v) is 10.5. The lowest BCUT2D eigenvalue weighted by Gasteiger charge is -2.41. The lowest BCUT2D eigenvalue weighted by molar-refractivity contribution is 0.476. The molecule has 14 rings (SSSR count). The van der Waals surface area contributed by atoms with Crippen LogP contribution in [-0.2, 0) is 0 Å². The summed E-state index contributed by atoms with van der Waals surface area (Å²) in [5.41, 5.74) is 10.4. The Kier molecular flexibility index (Phi) is 9.08. The molecule has 10 aromatic rings. The summed E-state index contributed by atoms with van der Waals surface area (Å²) < 4.78 is 26.7. The fourth-order valence-electron chi connectivity index (χ4n) is 10.5. The first-order valence-electron chi connectivity index (χ1n) is 23.5. The number of nitrogens with zero attached hydrogens (tertiary/aromatic N) is 6. The van der Waals surface area contributed by atoms with Crippen molar-refractivity contribution in [3.8, 4) is 69.3 Å². The summed E-state index contributed by atoms with van der Waals surface area (Å²) in [6.45, 7) is 0. The van der Waals surface area contributed by atoms with Gasteiger partial charge in [-0.15, -0.1) is 0 Å². The summed E-state index contributed by atoms with van der Waals surface area (Å²) in [7, 11) is 0. The zero-order chi connectivity index (χ0) is 47.9. The van der Waals surface area contributed by atoms with Gasteiger partial charge >= 0.3 is 0 Å². The van der Waals surface area contributed by atoms with Crippen molar-refractivity contribution in [3.63, 3.8) is 0 Å². The van der Waals surface area contributed by atoms with Crippen LogP contribution < -0.4 is 38.5 Å². The molecule has 0 bridgehead atoms. The van der Waals surface area contributed by atoms with Gasteiger partial charge in [0.25, 0.3) is 0 Å². The summed E-state index contributed by atoms with van der Waals surface area (Å²) in [5, 5.41) is 23.6. The van der Waals surface area contributed by atoms with Crippen molar-refractivity contribution in [2.24, 2.45) is 0 Å². The van der Waals surface area contributed by atoms with Crippen LogP contribution in [0.1, 0.15) is 11.1 Å². The summed E-state index contributed by atoms with van der Waals surface area (Å²) >= 11 is 0. The molecule has 0 N–H and O–H groups in total. The van der Waals surface area contributed by atoms with E-state index in [-0.39, 0.29) is 0 Å². The van der Waals surface area contributed by atoms with E-state index in [1.165, 1.54) is 0 Å². The molecule has 4 heterocycles. The number of ether oxygens (including phenoxy) is 4. The van der Waals surface area contributed by atoms with Crippen molar-refractivity contribution in [2.45, 2.75) is 0 Å². The topological polar surface area (TPSA) is 97.5 Å². The summed E-state index contributed by atoms with van der Waals surface area (Å²) in [5.74, 6) is 5.08. The van der Waals surface area contributed by atoms with Gasteiger partial charge in [-0.25, -0.2) is 0 Å². The number of nitriles is 2.